The zero-order chi connectivity index (χ0) is 10.8. The molecule has 15 heavy (non-hydrogen) atoms. The van der Waals surface area contributed by atoms with Gasteiger partial charge in [0, 0.05) is 6.42 Å². The third-order valence-electron chi connectivity index (χ3n) is 2.40. The molecule has 1 aliphatic heterocycles. The van der Waals surface area contributed by atoms with Crippen LogP contribution in [0.5, 0.6) is 0 Å². The molecule has 1 saturated heterocycles. The second-order valence-corrected chi connectivity index (χ2v) is 3.59. The lowest BCUT2D eigenvalue weighted by Crippen LogP contribution is -2.36. The number of amides is 1. The number of hydrogen-bond donors (Lipinski definition) is 1. The first kappa shape index (κ1) is 9.83. The molecule has 1 N–H and O–H groups in total. The van der Waals surface area contributed by atoms with Crippen molar-refractivity contribution >= 4 is 11.7 Å². The lowest BCUT2D eigenvalue weighted by molar-refractivity contribution is -0.132. The smallest absolute Gasteiger partial charge is 0.227 e. The molecule has 1 fully saturated rings. The molecule has 0 bridgehead atoms. The summed E-state index contributed by atoms with van der Waals surface area (Å²) in [6.07, 6.45) is 0.245. The molecule has 1 aromatic rings. The number of carbonyl (C=O) groups excluding carboxylic acids is 2. The molecule has 0 aliphatic carbocycles. The standard InChI is InChI=1S/C11H10FNO2/c12-8-3-1-7(2-4-8)10-5-9(14)6-11(15)13-10/h1-4,10H,5-6H2,(H,13,15)/t10-/m1/s1. The van der Waals surface area contributed by atoms with Crippen molar-refractivity contribution in [2.75, 3.05) is 0 Å². The maximum Gasteiger partial charge on any atom is 0.227 e. The Labute approximate surface area is 86.3 Å². The van der Waals surface area contributed by atoms with Crippen molar-refractivity contribution in [1.29, 1.82) is 0 Å². The minimum atomic E-state index is -0.327. The number of halogens is 1. The van der Waals surface area contributed by atoms with Gasteiger partial charge in [0.25, 0.3) is 0 Å². The van der Waals surface area contributed by atoms with Crippen molar-refractivity contribution in [3.8, 4) is 0 Å². The van der Waals surface area contributed by atoms with Crippen LogP contribution in [0.3, 0.4) is 0 Å². The van der Waals surface area contributed by atoms with Gasteiger partial charge < -0.3 is 5.32 Å². The number of benzene rings is 1. The van der Waals surface area contributed by atoms with Gasteiger partial charge in [0.1, 0.15) is 11.6 Å². The SMILES string of the molecule is O=C1CC(=O)N[C@@H](c2ccc(F)cc2)C1. The van der Waals surface area contributed by atoms with Crippen LogP contribution in [-0.4, -0.2) is 11.7 Å². The summed E-state index contributed by atoms with van der Waals surface area (Å²) in [4.78, 5) is 22.3. The molecule has 0 spiro atoms. The fourth-order valence-electron chi connectivity index (χ4n) is 1.67. The van der Waals surface area contributed by atoms with Gasteiger partial charge in [-0.3, -0.25) is 9.59 Å². The predicted molar refractivity (Wildman–Crippen MR) is 51.5 cm³/mol. The molecule has 0 unspecified atom stereocenters. The summed E-state index contributed by atoms with van der Waals surface area (Å²) in [6.45, 7) is 0. The molecule has 3 nitrogen and oxygen atoms in total. The van der Waals surface area contributed by atoms with Gasteiger partial charge in [-0.2, -0.15) is 0 Å². The van der Waals surface area contributed by atoms with Crippen LogP contribution in [0.15, 0.2) is 24.3 Å². The summed E-state index contributed by atoms with van der Waals surface area (Å²) in [5, 5.41) is 2.70. The molecular formula is C11H10FNO2. The van der Waals surface area contributed by atoms with Gasteiger partial charge in [-0.1, -0.05) is 12.1 Å². The van der Waals surface area contributed by atoms with Crippen LogP contribution in [0, 0.1) is 5.82 Å². The van der Waals surface area contributed by atoms with E-state index in [9.17, 15) is 14.0 Å². The first-order valence-electron chi connectivity index (χ1n) is 4.71. The van der Waals surface area contributed by atoms with Crippen LogP contribution in [0.4, 0.5) is 4.39 Å². The number of nitrogens with one attached hydrogen (secondary N) is 1. The van der Waals surface area contributed by atoms with Crippen LogP contribution < -0.4 is 5.32 Å². The monoisotopic (exact) mass is 207 g/mol. The summed E-state index contributed by atoms with van der Waals surface area (Å²) in [6, 6.07) is 5.50. The number of Topliss-reactive ketones (excluding diaryl/α,β-unsaturated/α-hetero) is 1. The quantitative estimate of drug-likeness (QED) is 0.706. The Balaban J connectivity index is 2.19. The van der Waals surface area contributed by atoms with E-state index in [1.807, 2.05) is 0 Å². The highest BCUT2D eigenvalue weighted by Gasteiger charge is 2.25. The van der Waals surface area contributed by atoms with Crippen LogP contribution >= 0.6 is 0 Å². The zero-order valence-electron chi connectivity index (χ0n) is 8.00. The van der Waals surface area contributed by atoms with E-state index in [0.717, 1.165) is 5.56 Å². The molecule has 0 radical (unpaired) electrons. The van der Waals surface area contributed by atoms with Crippen molar-refractivity contribution in [3.05, 3.63) is 35.6 Å². The highest BCUT2D eigenvalue weighted by molar-refractivity contribution is 6.00. The van der Waals surface area contributed by atoms with Gasteiger partial charge in [0.2, 0.25) is 5.91 Å². The molecule has 2 rings (SSSR count). The molecule has 1 heterocycles. The topological polar surface area (TPSA) is 46.2 Å². The van der Waals surface area contributed by atoms with Crippen LogP contribution in [-0.2, 0) is 9.59 Å². The summed E-state index contributed by atoms with van der Waals surface area (Å²) in [7, 11) is 0. The molecule has 78 valence electrons. The van der Waals surface area contributed by atoms with E-state index in [1.54, 1.807) is 12.1 Å². The number of ketones is 1. The van der Waals surface area contributed by atoms with E-state index in [-0.39, 0.29) is 36.4 Å². The van der Waals surface area contributed by atoms with Crippen molar-refractivity contribution < 1.29 is 14.0 Å². The number of rotatable bonds is 1. The largest absolute Gasteiger partial charge is 0.348 e. The fourth-order valence-corrected chi connectivity index (χ4v) is 1.67. The minimum absolute atomic E-state index is 0.0440. The molecule has 4 heteroatoms. The number of piperidine rings is 1. The summed E-state index contributed by atoms with van der Waals surface area (Å²) >= 11 is 0. The highest BCUT2D eigenvalue weighted by atomic mass is 19.1. The maximum atomic E-state index is 12.7. The van der Waals surface area contributed by atoms with Crippen molar-refractivity contribution in [2.24, 2.45) is 0 Å². The highest BCUT2D eigenvalue weighted by Crippen LogP contribution is 2.21. The predicted octanol–water partition coefficient (Wildman–Crippen LogP) is 1.35. The van der Waals surface area contributed by atoms with E-state index in [4.69, 9.17) is 0 Å². The summed E-state index contributed by atoms with van der Waals surface area (Å²) in [5.41, 5.74) is 0.762. The molecule has 1 aliphatic rings. The number of hydrogen-bond acceptors (Lipinski definition) is 2. The Morgan fingerprint density at radius 2 is 1.87 bits per heavy atom. The van der Waals surface area contributed by atoms with E-state index in [0.29, 0.717) is 0 Å². The molecular weight excluding hydrogens is 197 g/mol. The Kier molecular flexibility index (Phi) is 2.49. The van der Waals surface area contributed by atoms with Gasteiger partial charge >= 0.3 is 0 Å². The molecule has 1 atom stereocenters. The molecule has 0 aromatic heterocycles. The average molecular weight is 207 g/mol. The fraction of sp³-hybridized carbons (Fsp3) is 0.273. The number of carbonyl (C=O) groups is 2. The van der Waals surface area contributed by atoms with Gasteiger partial charge in [-0.05, 0) is 17.7 Å². The van der Waals surface area contributed by atoms with Gasteiger partial charge in [-0.15, -0.1) is 0 Å². The van der Waals surface area contributed by atoms with E-state index >= 15 is 0 Å². The third-order valence-corrected chi connectivity index (χ3v) is 2.40. The first-order valence-corrected chi connectivity index (χ1v) is 4.71. The first-order chi connectivity index (χ1) is 7.15. The molecule has 1 aromatic carbocycles. The van der Waals surface area contributed by atoms with Gasteiger partial charge in [-0.25, -0.2) is 4.39 Å². The summed E-state index contributed by atoms with van der Waals surface area (Å²) < 4.78 is 12.7. The van der Waals surface area contributed by atoms with E-state index < -0.39 is 0 Å². The van der Waals surface area contributed by atoms with E-state index in [1.165, 1.54) is 12.1 Å². The molecule has 1 amide bonds. The van der Waals surface area contributed by atoms with Gasteiger partial charge in [0.15, 0.2) is 0 Å². The van der Waals surface area contributed by atoms with Crippen molar-refractivity contribution in [1.82, 2.24) is 5.32 Å². The Bertz CT molecular complexity index is 384. The lowest BCUT2D eigenvalue weighted by Gasteiger charge is -2.22. The minimum Gasteiger partial charge on any atom is -0.348 e. The molecule has 0 saturated carbocycles. The van der Waals surface area contributed by atoms with Crippen LogP contribution in [0.2, 0.25) is 0 Å². The second-order valence-electron chi connectivity index (χ2n) is 3.59. The summed E-state index contributed by atoms with van der Waals surface area (Å²) in [5.74, 6) is -0.666. The lowest BCUT2D eigenvalue weighted by atomic mass is 9.96. The second kappa shape index (κ2) is 3.81. The Morgan fingerprint density at radius 1 is 1.20 bits per heavy atom. The van der Waals surface area contributed by atoms with E-state index in [2.05, 4.69) is 5.32 Å². The Hall–Kier alpha value is -1.71. The zero-order valence-corrected chi connectivity index (χ0v) is 8.00. The van der Waals surface area contributed by atoms with Crippen molar-refractivity contribution in [3.63, 3.8) is 0 Å². The van der Waals surface area contributed by atoms with Gasteiger partial charge in [0.05, 0.1) is 12.5 Å². The Morgan fingerprint density at radius 3 is 2.47 bits per heavy atom. The van der Waals surface area contributed by atoms with Crippen molar-refractivity contribution in [2.45, 2.75) is 18.9 Å². The van der Waals surface area contributed by atoms with Crippen LogP contribution in [0.25, 0.3) is 0 Å². The average Bonchev–Trinajstić information content (AvgIpc) is 2.17. The normalized spacial score (nSPS) is 21.3. The van der Waals surface area contributed by atoms with Crippen LogP contribution in [0.1, 0.15) is 24.4 Å². The maximum absolute atomic E-state index is 12.7. The third kappa shape index (κ3) is 2.21.